The van der Waals surface area contributed by atoms with Crippen LogP contribution in [0.1, 0.15) is 53.8 Å². The van der Waals surface area contributed by atoms with Gasteiger partial charge in [-0.1, -0.05) is 12.1 Å². The number of allylic oxidation sites excluding steroid dienone is 1. The molecule has 12 nitrogen and oxygen atoms in total. The van der Waals surface area contributed by atoms with Gasteiger partial charge in [-0.25, -0.2) is 5.01 Å². The van der Waals surface area contributed by atoms with Gasteiger partial charge in [0.1, 0.15) is 6.20 Å². The predicted octanol–water partition coefficient (Wildman–Crippen LogP) is 4.71. The molecule has 3 aliphatic heterocycles. The molecule has 0 bridgehead atoms. The lowest BCUT2D eigenvalue weighted by molar-refractivity contribution is -0.385. The number of nitrogens with zero attached hydrogens (tertiary/aromatic N) is 5. The number of aromatic nitrogens is 2. The van der Waals surface area contributed by atoms with Gasteiger partial charge in [-0.2, -0.15) is 10.2 Å². The van der Waals surface area contributed by atoms with Crippen LogP contribution in [0.2, 0.25) is 0 Å². The number of aryl methyl sites for hydroxylation is 1. The average Bonchev–Trinajstić information content (AvgIpc) is 3.76. The minimum Gasteiger partial charge on any atom is -0.454 e. The second kappa shape index (κ2) is 9.40. The van der Waals surface area contributed by atoms with Crippen LogP contribution in [0.3, 0.4) is 0 Å². The summed E-state index contributed by atoms with van der Waals surface area (Å²) in [5, 5.41) is 22.3. The molecule has 0 N–H and O–H groups in total. The summed E-state index contributed by atoms with van der Waals surface area (Å²) in [6.45, 7) is 2.51. The van der Waals surface area contributed by atoms with Gasteiger partial charge < -0.3 is 18.9 Å². The van der Waals surface area contributed by atoms with E-state index >= 15 is 0 Å². The van der Waals surface area contributed by atoms with E-state index in [0.29, 0.717) is 29.5 Å². The van der Waals surface area contributed by atoms with Crippen LogP contribution in [0.15, 0.2) is 53.3 Å². The maximum absolute atomic E-state index is 14.0. The molecule has 4 heterocycles. The summed E-state index contributed by atoms with van der Waals surface area (Å²) < 4.78 is 23.5. The Kier molecular flexibility index (Phi) is 5.68. The Morgan fingerprint density at radius 1 is 1.07 bits per heavy atom. The zero-order chi connectivity index (χ0) is 27.4. The smallest absolute Gasteiger partial charge is 0.320 e. The summed E-state index contributed by atoms with van der Waals surface area (Å²) in [6.07, 6.45) is 5.82. The molecule has 12 heteroatoms. The molecule has 4 aliphatic rings. The van der Waals surface area contributed by atoms with E-state index in [1.807, 2.05) is 36.4 Å². The summed E-state index contributed by atoms with van der Waals surface area (Å²) in [7, 11) is 0. The van der Waals surface area contributed by atoms with Crippen molar-refractivity contribution >= 4 is 23.4 Å². The molecule has 1 aliphatic carbocycles. The third-order valence-corrected chi connectivity index (χ3v) is 7.65. The van der Waals surface area contributed by atoms with Crippen LogP contribution in [-0.4, -0.2) is 44.9 Å². The van der Waals surface area contributed by atoms with E-state index in [2.05, 4.69) is 11.2 Å². The Bertz CT molecular complexity index is 1610. The van der Waals surface area contributed by atoms with Gasteiger partial charge in [-0.15, -0.1) is 0 Å². The molecule has 0 unspecified atom stereocenters. The highest BCUT2D eigenvalue weighted by Crippen LogP contribution is 2.47. The van der Waals surface area contributed by atoms with Crippen molar-refractivity contribution in [2.45, 2.75) is 38.8 Å². The summed E-state index contributed by atoms with van der Waals surface area (Å²) in [4.78, 5) is 25.2. The van der Waals surface area contributed by atoms with Gasteiger partial charge in [0.25, 0.3) is 0 Å². The topological polar surface area (TPSA) is 131 Å². The van der Waals surface area contributed by atoms with Crippen molar-refractivity contribution in [2.75, 3.05) is 13.6 Å². The predicted molar refractivity (Wildman–Crippen MR) is 141 cm³/mol. The first-order valence-electron chi connectivity index (χ1n) is 13.1. The first kappa shape index (κ1) is 24.2. The second-order valence-electron chi connectivity index (χ2n) is 9.95. The molecule has 7 rings (SSSR count). The van der Waals surface area contributed by atoms with Crippen molar-refractivity contribution in [3.63, 3.8) is 0 Å². The highest BCUT2D eigenvalue weighted by atomic mass is 16.7. The Balaban J connectivity index is 1.32. The fourth-order valence-corrected chi connectivity index (χ4v) is 5.77. The van der Waals surface area contributed by atoms with E-state index in [-0.39, 0.29) is 30.9 Å². The molecule has 3 aromatic rings. The third kappa shape index (κ3) is 3.94. The normalized spacial score (nSPS) is 21.5. The number of rotatable bonds is 5. The standard InChI is InChI=1S/C28H25N5O7/c1-2-31-13-20(33(35)36)26(29-31)28(34)32-27(18-7-9-22-24(12-18)40-15-38-22)19-5-3-4-17(25(19)30-32)10-16-6-8-21-23(11-16)39-14-37-21/h6-13,19,27H,2-5,14-15H2,1H3/b17-10+/t19-,27-/m0/s1. The number of benzene rings is 2. The number of carbonyl (C=O) groups excluding carboxylic acids is 1. The lowest BCUT2D eigenvalue weighted by atomic mass is 9.77. The summed E-state index contributed by atoms with van der Waals surface area (Å²) in [5.74, 6) is 1.87. The lowest BCUT2D eigenvalue weighted by Crippen LogP contribution is -2.32. The van der Waals surface area contributed by atoms with Gasteiger partial charge in [-0.05, 0) is 73.2 Å². The van der Waals surface area contributed by atoms with Gasteiger partial charge in [0.05, 0.1) is 16.7 Å². The van der Waals surface area contributed by atoms with Gasteiger partial charge in [-0.3, -0.25) is 19.6 Å². The van der Waals surface area contributed by atoms with Crippen molar-refractivity contribution in [2.24, 2.45) is 11.0 Å². The van der Waals surface area contributed by atoms with E-state index < -0.39 is 16.9 Å². The number of carbonyl (C=O) groups is 1. The SMILES string of the molecule is CCn1cc([N+](=O)[O-])c(C(=O)N2N=C3/C(=C/c4ccc5c(c4)OCO5)CCC[C@@H]3[C@@H]2c2ccc3c(c2)OCO3)n1. The van der Waals surface area contributed by atoms with E-state index in [9.17, 15) is 14.9 Å². The number of hydrogen-bond acceptors (Lipinski definition) is 9. The molecule has 0 spiro atoms. The van der Waals surface area contributed by atoms with Crippen molar-refractivity contribution in [3.05, 3.63) is 75.1 Å². The Hall–Kier alpha value is -4.87. The fourth-order valence-electron chi connectivity index (χ4n) is 5.77. The van der Waals surface area contributed by atoms with Crippen molar-refractivity contribution in [1.29, 1.82) is 0 Å². The minimum atomic E-state index is -0.620. The number of nitro groups is 1. The third-order valence-electron chi connectivity index (χ3n) is 7.65. The van der Waals surface area contributed by atoms with Gasteiger partial charge in [0.2, 0.25) is 19.3 Å². The second-order valence-corrected chi connectivity index (χ2v) is 9.95. The monoisotopic (exact) mass is 543 g/mol. The quantitative estimate of drug-likeness (QED) is 0.334. The maximum atomic E-state index is 14.0. The number of hydrogen-bond donors (Lipinski definition) is 0. The molecule has 0 saturated heterocycles. The Labute approximate surface area is 228 Å². The van der Waals surface area contributed by atoms with Crippen molar-refractivity contribution in [3.8, 4) is 23.0 Å². The minimum absolute atomic E-state index is 0.120. The van der Waals surface area contributed by atoms with Crippen LogP contribution in [0.5, 0.6) is 23.0 Å². The molecule has 1 saturated carbocycles. The van der Waals surface area contributed by atoms with Crippen molar-refractivity contribution < 1.29 is 28.7 Å². The van der Waals surface area contributed by atoms with E-state index in [4.69, 9.17) is 24.0 Å². The summed E-state index contributed by atoms with van der Waals surface area (Å²) in [5.41, 5.74) is 2.96. The van der Waals surface area contributed by atoms with Crippen LogP contribution in [0.25, 0.3) is 6.08 Å². The highest BCUT2D eigenvalue weighted by molar-refractivity contribution is 6.09. The lowest BCUT2D eigenvalue weighted by Gasteiger charge is -2.29. The summed E-state index contributed by atoms with van der Waals surface area (Å²) >= 11 is 0. The van der Waals surface area contributed by atoms with Gasteiger partial charge in [0.15, 0.2) is 23.0 Å². The molecule has 0 radical (unpaired) electrons. The van der Waals surface area contributed by atoms with E-state index in [1.165, 1.54) is 15.9 Å². The molecule has 1 aromatic heterocycles. The first-order chi connectivity index (χ1) is 19.5. The zero-order valence-electron chi connectivity index (χ0n) is 21.6. The molecule has 1 fully saturated rings. The molecular weight excluding hydrogens is 518 g/mol. The molecule has 40 heavy (non-hydrogen) atoms. The molecule has 2 aromatic carbocycles. The maximum Gasteiger partial charge on any atom is 0.320 e. The zero-order valence-corrected chi connectivity index (χ0v) is 21.6. The molecular formula is C28H25N5O7. The first-order valence-corrected chi connectivity index (χ1v) is 13.1. The van der Waals surface area contributed by atoms with Gasteiger partial charge in [0, 0.05) is 12.5 Å². The van der Waals surface area contributed by atoms with Gasteiger partial charge >= 0.3 is 11.6 Å². The van der Waals surface area contributed by atoms with Crippen LogP contribution >= 0.6 is 0 Å². The number of fused-ring (bicyclic) bond motifs is 3. The Morgan fingerprint density at radius 3 is 2.55 bits per heavy atom. The molecule has 2 atom stereocenters. The number of hydrazone groups is 1. The molecule has 204 valence electrons. The van der Waals surface area contributed by atoms with Crippen LogP contribution in [-0.2, 0) is 6.54 Å². The van der Waals surface area contributed by atoms with Crippen molar-refractivity contribution in [1.82, 2.24) is 14.8 Å². The van der Waals surface area contributed by atoms with Crippen LogP contribution in [0, 0.1) is 16.0 Å². The van der Waals surface area contributed by atoms with E-state index in [0.717, 1.165) is 41.7 Å². The fraction of sp³-hybridized carbons (Fsp3) is 0.321. The number of amides is 1. The Morgan fingerprint density at radius 2 is 1.80 bits per heavy atom. The molecule has 1 amide bonds. The largest absolute Gasteiger partial charge is 0.454 e. The van der Waals surface area contributed by atoms with Crippen LogP contribution in [0.4, 0.5) is 5.69 Å². The van der Waals surface area contributed by atoms with Crippen LogP contribution < -0.4 is 18.9 Å². The number of ether oxygens (including phenoxy) is 4. The average molecular weight is 544 g/mol. The van der Waals surface area contributed by atoms with E-state index in [1.54, 1.807) is 6.92 Å². The summed E-state index contributed by atoms with van der Waals surface area (Å²) in [6, 6.07) is 10.8. The highest BCUT2D eigenvalue weighted by Gasteiger charge is 2.46.